The van der Waals surface area contributed by atoms with Crippen LogP contribution < -0.4 is 14.9 Å². The standard InChI is InChI=1S/C21H26N4O5S/c1-15(2)23-31(29,30)18-8-9-19(20(14-18)25(27)28)24-12-10-16(11-13-24)21(26)22-17-6-4-3-5-7-17/h3-9,14-16,23H,10-13H2,1-2H3,(H,22,26). The molecule has 1 saturated heterocycles. The predicted molar refractivity (Wildman–Crippen MR) is 119 cm³/mol. The van der Waals surface area contributed by atoms with Crippen LogP contribution >= 0.6 is 0 Å². The van der Waals surface area contributed by atoms with Gasteiger partial charge in [0, 0.05) is 36.8 Å². The van der Waals surface area contributed by atoms with Crippen molar-refractivity contribution in [3.63, 3.8) is 0 Å². The van der Waals surface area contributed by atoms with Crippen LogP contribution in [0.15, 0.2) is 53.4 Å². The lowest BCUT2D eigenvalue weighted by Crippen LogP contribution is -2.38. The first kappa shape index (κ1) is 22.7. The number of anilines is 2. The van der Waals surface area contributed by atoms with Crippen LogP contribution in [0.4, 0.5) is 17.1 Å². The second kappa shape index (κ2) is 9.44. The highest BCUT2D eigenvalue weighted by molar-refractivity contribution is 7.89. The van der Waals surface area contributed by atoms with E-state index in [2.05, 4.69) is 10.0 Å². The molecule has 166 valence electrons. The number of hydrogen-bond donors (Lipinski definition) is 2. The molecule has 10 heteroatoms. The third kappa shape index (κ3) is 5.59. The molecule has 0 aliphatic carbocycles. The van der Waals surface area contributed by atoms with Gasteiger partial charge in [-0.15, -0.1) is 0 Å². The van der Waals surface area contributed by atoms with Crippen molar-refractivity contribution in [1.82, 2.24) is 4.72 Å². The number of benzene rings is 2. The van der Waals surface area contributed by atoms with E-state index in [1.807, 2.05) is 35.2 Å². The summed E-state index contributed by atoms with van der Waals surface area (Å²) in [7, 11) is -3.84. The molecular formula is C21H26N4O5S. The van der Waals surface area contributed by atoms with Crippen molar-refractivity contribution in [2.75, 3.05) is 23.3 Å². The smallest absolute Gasteiger partial charge is 0.293 e. The minimum Gasteiger partial charge on any atom is -0.366 e. The van der Waals surface area contributed by atoms with E-state index in [-0.39, 0.29) is 28.4 Å². The summed E-state index contributed by atoms with van der Waals surface area (Å²) in [6.45, 7) is 4.28. The van der Waals surface area contributed by atoms with E-state index in [1.165, 1.54) is 12.1 Å². The average Bonchev–Trinajstić information content (AvgIpc) is 2.73. The van der Waals surface area contributed by atoms with Crippen LogP contribution in [0.5, 0.6) is 0 Å². The first-order chi connectivity index (χ1) is 14.7. The maximum atomic E-state index is 12.5. The Labute approximate surface area is 181 Å². The van der Waals surface area contributed by atoms with Gasteiger partial charge in [-0.1, -0.05) is 18.2 Å². The lowest BCUT2D eigenvalue weighted by Gasteiger charge is -2.32. The molecule has 2 N–H and O–H groups in total. The second-order valence-corrected chi connectivity index (χ2v) is 9.51. The van der Waals surface area contributed by atoms with Gasteiger partial charge in [0.25, 0.3) is 5.69 Å². The van der Waals surface area contributed by atoms with Gasteiger partial charge in [-0.25, -0.2) is 13.1 Å². The fourth-order valence-corrected chi connectivity index (χ4v) is 4.88. The molecule has 2 aromatic rings. The lowest BCUT2D eigenvalue weighted by molar-refractivity contribution is -0.384. The van der Waals surface area contributed by atoms with Gasteiger partial charge in [0.15, 0.2) is 0 Å². The topological polar surface area (TPSA) is 122 Å². The number of piperidine rings is 1. The molecule has 0 unspecified atom stereocenters. The summed E-state index contributed by atoms with van der Waals surface area (Å²) >= 11 is 0. The third-order valence-electron chi connectivity index (χ3n) is 5.09. The van der Waals surface area contributed by atoms with E-state index >= 15 is 0 Å². The van der Waals surface area contributed by atoms with Gasteiger partial charge in [0.2, 0.25) is 15.9 Å². The zero-order valence-electron chi connectivity index (χ0n) is 17.4. The van der Waals surface area contributed by atoms with Crippen LogP contribution in [0.3, 0.4) is 0 Å². The highest BCUT2D eigenvalue weighted by Gasteiger charge is 2.30. The molecule has 0 radical (unpaired) electrons. The molecule has 0 atom stereocenters. The maximum absolute atomic E-state index is 12.5. The van der Waals surface area contributed by atoms with E-state index in [1.54, 1.807) is 13.8 Å². The Hall–Kier alpha value is -2.98. The zero-order valence-corrected chi connectivity index (χ0v) is 18.3. The molecule has 1 aliphatic heterocycles. The lowest BCUT2D eigenvalue weighted by atomic mass is 9.95. The molecule has 1 heterocycles. The minimum atomic E-state index is -3.84. The first-order valence-corrected chi connectivity index (χ1v) is 11.6. The number of carbonyl (C=O) groups is 1. The van der Waals surface area contributed by atoms with Gasteiger partial charge in [-0.05, 0) is 51.0 Å². The summed E-state index contributed by atoms with van der Waals surface area (Å²) < 4.78 is 27.2. The van der Waals surface area contributed by atoms with Gasteiger partial charge in [0.05, 0.1) is 9.82 Å². The fraction of sp³-hybridized carbons (Fsp3) is 0.381. The van der Waals surface area contributed by atoms with Crippen LogP contribution in [0.2, 0.25) is 0 Å². The number of sulfonamides is 1. The summed E-state index contributed by atoms with van der Waals surface area (Å²) in [5.74, 6) is -0.257. The summed E-state index contributed by atoms with van der Waals surface area (Å²) in [5, 5.41) is 14.5. The van der Waals surface area contributed by atoms with Gasteiger partial charge in [-0.2, -0.15) is 0 Å². The minimum absolute atomic E-state index is 0.0680. The maximum Gasteiger partial charge on any atom is 0.293 e. The number of hydrogen-bond acceptors (Lipinski definition) is 6. The Balaban J connectivity index is 1.72. The fourth-order valence-electron chi connectivity index (χ4n) is 3.61. The highest BCUT2D eigenvalue weighted by atomic mass is 32.2. The number of carbonyl (C=O) groups excluding carboxylic acids is 1. The molecule has 0 bridgehead atoms. The number of nitrogens with zero attached hydrogens (tertiary/aromatic N) is 2. The van der Waals surface area contributed by atoms with Crippen LogP contribution in [-0.4, -0.2) is 38.4 Å². The van der Waals surface area contributed by atoms with Crippen molar-refractivity contribution >= 4 is 33.0 Å². The normalized spacial score (nSPS) is 15.1. The molecule has 0 saturated carbocycles. The van der Waals surface area contributed by atoms with Gasteiger partial charge >= 0.3 is 0 Å². The Morgan fingerprint density at radius 3 is 2.35 bits per heavy atom. The van der Waals surface area contributed by atoms with Crippen molar-refractivity contribution < 1.29 is 18.1 Å². The van der Waals surface area contributed by atoms with Crippen LogP contribution in [0.25, 0.3) is 0 Å². The predicted octanol–water partition coefficient (Wildman–Crippen LogP) is 3.14. The van der Waals surface area contributed by atoms with Crippen molar-refractivity contribution in [2.45, 2.75) is 37.6 Å². The van der Waals surface area contributed by atoms with E-state index < -0.39 is 14.9 Å². The number of rotatable bonds is 7. The van der Waals surface area contributed by atoms with Crippen LogP contribution in [0.1, 0.15) is 26.7 Å². The van der Waals surface area contributed by atoms with Crippen molar-refractivity contribution in [3.05, 3.63) is 58.6 Å². The second-order valence-electron chi connectivity index (χ2n) is 7.80. The Morgan fingerprint density at radius 1 is 1.13 bits per heavy atom. The summed E-state index contributed by atoms with van der Waals surface area (Å²) in [6.07, 6.45) is 1.09. The molecule has 1 fully saturated rings. The highest BCUT2D eigenvalue weighted by Crippen LogP contribution is 2.33. The van der Waals surface area contributed by atoms with E-state index in [9.17, 15) is 23.3 Å². The van der Waals surface area contributed by atoms with Crippen LogP contribution in [0, 0.1) is 16.0 Å². The number of nitro groups is 1. The number of nitrogens with one attached hydrogen (secondary N) is 2. The SMILES string of the molecule is CC(C)NS(=O)(=O)c1ccc(N2CCC(C(=O)Nc3ccccc3)CC2)c([N+](=O)[O-])c1. The van der Waals surface area contributed by atoms with Crippen molar-refractivity contribution in [3.8, 4) is 0 Å². The number of nitro benzene ring substituents is 1. The molecule has 0 spiro atoms. The molecule has 2 aromatic carbocycles. The van der Waals surface area contributed by atoms with Crippen LogP contribution in [-0.2, 0) is 14.8 Å². The van der Waals surface area contributed by atoms with E-state index in [4.69, 9.17) is 0 Å². The molecule has 0 aromatic heterocycles. The monoisotopic (exact) mass is 446 g/mol. The van der Waals surface area contributed by atoms with Gasteiger partial charge < -0.3 is 10.2 Å². The van der Waals surface area contributed by atoms with E-state index in [0.717, 1.165) is 11.8 Å². The Bertz CT molecular complexity index is 1050. The molecule has 31 heavy (non-hydrogen) atoms. The Kier molecular flexibility index (Phi) is 6.91. The quantitative estimate of drug-likeness (QED) is 0.498. The summed E-state index contributed by atoms with van der Waals surface area (Å²) in [4.78, 5) is 25.3. The number of amides is 1. The summed E-state index contributed by atoms with van der Waals surface area (Å²) in [6, 6.07) is 12.8. The molecule has 3 rings (SSSR count). The largest absolute Gasteiger partial charge is 0.366 e. The van der Waals surface area contributed by atoms with Crippen molar-refractivity contribution in [2.24, 2.45) is 5.92 Å². The molecule has 9 nitrogen and oxygen atoms in total. The number of para-hydroxylation sites is 1. The molecule has 1 aliphatic rings. The zero-order chi connectivity index (χ0) is 22.6. The Morgan fingerprint density at radius 2 is 1.77 bits per heavy atom. The molecular weight excluding hydrogens is 420 g/mol. The molecule has 1 amide bonds. The third-order valence-corrected chi connectivity index (χ3v) is 6.75. The van der Waals surface area contributed by atoms with Crippen molar-refractivity contribution in [1.29, 1.82) is 0 Å². The van der Waals surface area contributed by atoms with E-state index in [0.29, 0.717) is 31.6 Å². The van der Waals surface area contributed by atoms with Gasteiger partial charge in [-0.3, -0.25) is 14.9 Å². The first-order valence-electron chi connectivity index (χ1n) is 10.1. The van der Waals surface area contributed by atoms with Gasteiger partial charge in [0.1, 0.15) is 5.69 Å². The average molecular weight is 447 g/mol. The summed E-state index contributed by atoms with van der Waals surface area (Å²) in [5.41, 5.74) is 0.826.